The monoisotopic (exact) mass is 738 g/mol. The fraction of sp³-hybridized carbons (Fsp3) is 0.0185. The Labute approximate surface area is 333 Å². The molecule has 4 nitrogen and oxygen atoms in total. The van der Waals surface area contributed by atoms with Crippen molar-refractivity contribution in [1.29, 1.82) is 0 Å². The molecule has 0 amide bonds. The highest BCUT2D eigenvalue weighted by Crippen LogP contribution is 2.48. The van der Waals surface area contributed by atoms with E-state index in [9.17, 15) is 0 Å². The summed E-state index contributed by atoms with van der Waals surface area (Å²) in [7, 11) is 0. The van der Waals surface area contributed by atoms with Gasteiger partial charge < -0.3 is 9.72 Å². The van der Waals surface area contributed by atoms with Crippen molar-refractivity contribution >= 4 is 82.3 Å². The molecule has 0 saturated heterocycles. The Bertz CT molecular complexity index is 3630. The molecule has 1 unspecified atom stereocenters. The highest BCUT2D eigenvalue weighted by Gasteiger charge is 2.29. The Morgan fingerprint density at radius 1 is 0.448 bits per heavy atom. The number of fused-ring (bicyclic) bond motifs is 12. The quantitative estimate of drug-likeness (QED) is 0.192. The first-order valence-corrected chi connectivity index (χ1v) is 20.0. The number of para-hydroxylation sites is 1. The van der Waals surface area contributed by atoms with Crippen molar-refractivity contribution in [2.24, 2.45) is 4.99 Å². The summed E-state index contributed by atoms with van der Waals surface area (Å²) in [6.07, 6.45) is 8.75. The van der Waals surface area contributed by atoms with E-state index < -0.39 is 0 Å². The van der Waals surface area contributed by atoms with Gasteiger partial charge in [-0.15, -0.1) is 0 Å². The molecular weight excluding hydrogens is 705 g/mol. The molecule has 11 aromatic rings. The van der Waals surface area contributed by atoms with Crippen LogP contribution in [0.5, 0.6) is 0 Å². The molecule has 270 valence electrons. The van der Waals surface area contributed by atoms with Gasteiger partial charge in [-0.05, 0) is 69.4 Å². The van der Waals surface area contributed by atoms with Crippen molar-refractivity contribution in [3.63, 3.8) is 0 Å². The smallest absolute Gasteiger partial charge is 0.145 e. The molecule has 3 aromatic heterocycles. The number of hydrogen-bond acceptors (Lipinski definition) is 2. The predicted octanol–water partition coefficient (Wildman–Crippen LogP) is 13.1. The molecule has 4 heteroatoms. The number of rotatable bonds is 4. The van der Waals surface area contributed by atoms with E-state index in [1.165, 1.54) is 81.9 Å². The third-order valence-electron chi connectivity index (χ3n) is 12.4. The molecule has 1 N–H and O–H groups in total. The lowest BCUT2D eigenvalue weighted by Gasteiger charge is -2.28. The maximum absolute atomic E-state index is 5.61. The largest absolute Gasteiger partial charge is 0.359 e. The van der Waals surface area contributed by atoms with Crippen LogP contribution in [0.25, 0.3) is 98.7 Å². The number of allylic oxidation sites excluding steroid dienone is 2. The Morgan fingerprint density at radius 3 is 2.02 bits per heavy atom. The van der Waals surface area contributed by atoms with Gasteiger partial charge in [0.25, 0.3) is 0 Å². The Balaban J connectivity index is 1.18. The van der Waals surface area contributed by atoms with E-state index in [1.54, 1.807) is 0 Å². The number of aromatic nitrogens is 2. The first kappa shape index (κ1) is 31.5. The second-order valence-electron chi connectivity index (χ2n) is 15.6. The standard InChI is InChI=1S/C54H34N4/c1-3-13-33(14-4-1)37-26-28-47-44(30-37)50-49(58(47)54-41-19-9-11-21-45(41)55-53(56-54)39-24-23-35-17-7-8-18-36(35)29-39)32-43-40-27-25-38(34-15-5-2-6-16-34)31-48(40)57-46-22-12-10-20-42(46)51(50)52(43)57/h1-32,45H,(H,55,56). The fourth-order valence-corrected chi connectivity index (χ4v) is 9.81. The molecule has 2 aliphatic rings. The van der Waals surface area contributed by atoms with Crippen LogP contribution in [0.1, 0.15) is 5.56 Å². The predicted molar refractivity (Wildman–Crippen MR) is 244 cm³/mol. The normalized spacial score (nSPS) is 15.4. The summed E-state index contributed by atoms with van der Waals surface area (Å²) >= 11 is 0. The molecule has 4 heterocycles. The number of amidine groups is 1. The summed E-state index contributed by atoms with van der Waals surface area (Å²) in [5, 5.41) is 13.7. The van der Waals surface area contributed by atoms with E-state index in [4.69, 9.17) is 4.99 Å². The first-order chi connectivity index (χ1) is 28.8. The van der Waals surface area contributed by atoms with Crippen LogP contribution in [0.15, 0.2) is 205 Å². The van der Waals surface area contributed by atoms with Crippen LogP contribution in [-0.2, 0) is 0 Å². The first-order valence-electron chi connectivity index (χ1n) is 20.0. The van der Waals surface area contributed by atoms with Gasteiger partial charge in [0, 0.05) is 43.5 Å². The van der Waals surface area contributed by atoms with E-state index in [2.05, 4.69) is 208 Å². The second-order valence-corrected chi connectivity index (χ2v) is 15.6. The number of nitrogens with one attached hydrogen (secondary N) is 1. The van der Waals surface area contributed by atoms with Crippen molar-refractivity contribution < 1.29 is 0 Å². The highest BCUT2D eigenvalue weighted by molar-refractivity contribution is 6.36. The number of nitrogens with zero attached hydrogens (tertiary/aromatic N) is 3. The topological polar surface area (TPSA) is 33.7 Å². The SMILES string of the molecule is C1=CC2=C(n3c4ccc(-c5ccccc5)cc4c4c5c6ccccc6n6c7cc(-c8ccccc8)ccc7c(cc43)c56)N=C(c3ccc4ccccc4c3)NC2C=C1. The summed E-state index contributed by atoms with van der Waals surface area (Å²) in [5.41, 5.74) is 13.0. The van der Waals surface area contributed by atoms with Gasteiger partial charge in [-0.1, -0.05) is 158 Å². The van der Waals surface area contributed by atoms with Gasteiger partial charge in [0.15, 0.2) is 0 Å². The van der Waals surface area contributed by atoms with E-state index in [-0.39, 0.29) is 6.04 Å². The van der Waals surface area contributed by atoms with E-state index >= 15 is 0 Å². The summed E-state index contributed by atoms with van der Waals surface area (Å²) in [4.78, 5) is 5.61. The van der Waals surface area contributed by atoms with Crippen molar-refractivity contribution in [1.82, 2.24) is 14.3 Å². The number of hydrogen-bond donors (Lipinski definition) is 1. The molecule has 1 aliphatic heterocycles. The molecule has 0 fully saturated rings. The maximum atomic E-state index is 5.61. The number of aliphatic imine (C=N–C) groups is 1. The zero-order valence-corrected chi connectivity index (χ0v) is 31.4. The van der Waals surface area contributed by atoms with Crippen LogP contribution in [0, 0.1) is 0 Å². The van der Waals surface area contributed by atoms with Gasteiger partial charge in [0.2, 0.25) is 0 Å². The lowest BCUT2D eigenvalue weighted by molar-refractivity contribution is 0.818. The summed E-state index contributed by atoms with van der Waals surface area (Å²) < 4.78 is 4.96. The number of benzene rings is 8. The van der Waals surface area contributed by atoms with Gasteiger partial charge in [0.05, 0.1) is 33.6 Å². The summed E-state index contributed by atoms with van der Waals surface area (Å²) in [6, 6.07) is 62.0. The lowest BCUT2D eigenvalue weighted by atomic mass is 9.98. The minimum atomic E-state index is -0.0343. The minimum Gasteiger partial charge on any atom is -0.359 e. The van der Waals surface area contributed by atoms with Gasteiger partial charge in [0.1, 0.15) is 11.7 Å². The third kappa shape index (κ3) is 4.43. The van der Waals surface area contributed by atoms with Crippen LogP contribution in [0.3, 0.4) is 0 Å². The van der Waals surface area contributed by atoms with Gasteiger partial charge in [-0.25, -0.2) is 4.99 Å². The summed E-state index contributed by atoms with van der Waals surface area (Å²) in [5.74, 6) is 1.80. The average Bonchev–Trinajstić information content (AvgIpc) is 3.93. The highest BCUT2D eigenvalue weighted by atomic mass is 15.2. The molecular formula is C54H34N4. The molecule has 0 bridgehead atoms. The average molecular weight is 739 g/mol. The molecule has 1 atom stereocenters. The third-order valence-corrected chi connectivity index (χ3v) is 12.4. The zero-order valence-electron chi connectivity index (χ0n) is 31.4. The summed E-state index contributed by atoms with van der Waals surface area (Å²) in [6.45, 7) is 0. The van der Waals surface area contributed by atoms with Crippen molar-refractivity contribution in [2.45, 2.75) is 6.04 Å². The van der Waals surface area contributed by atoms with E-state index in [0.29, 0.717) is 0 Å². The van der Waals surface area contributed by atoms with Crippen molar-refractivity contribution in [3.05, 3.63) is 205 Å². The molecule has 8 aromatic carbocycles. The Morgan fingerprint density at radius 2 is 1.17 bits per heavy atom. The van der Waals surface area contributed by atoms with Crippen LogP contribution in [0.4, 0.5) is 0 Å². The van der Waals surface area contributed by atoms with Crippen LogP contribution in [-0.4, -0.2) is 20.8 Å². The van der Waals surface area contributed by atoms with Gasteiger partial charge in [-0.2, -0.15) is 0 Å². The zero-order chi connectivity index (χ0) is 37.9. The molecule has 1 aliphatic carbocycles. The molecule has 0 radical (unpaired) electrons. The van der Waals surface area contributed by atoms with Crippen molar-refractivity contribution in [3.8, 4) is 22.3 Å². The molecule has 13 rings (SSSR count). The van der Waals surface area contributed by atoms with Crippen LogP contribution < -0.4 is 5.32 Å². The van der Waals surface area contributed by atoms with Crippen LogP contribution >= 0.6 is 0 Å². The Kier molecular flexibility index (Phi) is 6.47. The molecule has 0 spiro atoms. The maximum Gasteiger partial charge on any atom is 0.145 e. The van der Waals surface area contributed by atoms with Crippen molar-refractivity contribution in [2.75, 3.05) is 0 Å². The van der Waals surface area contributed by atoms with Gasteiger partial charge in [-0.3, -0.25) is 4.57 Å². The van der Waals surface area contributed by atoms with Gasteiger partial charge >= 0.3 is 0 Å². The minimum absolute atomic E-state index is 0.0343. The van der Waals surface area contributed by atoms with E-state index in [0.717, 1.165) is 33.8 Å². The second kappa shape index (κ2) is 11.9. The fourth-order valence-electron chi connectivity index (χ4n) is 9.81. The van der Waals surface area contributed by atoms with E-state index in [1.807, 2.05) is 0 Å². The molecule has 58 heavy (non-hydrogen) atoms. The lowest BCUT2D eigenvalue weighted by Crippen LogP contribution is -2.39. The Hall–Kier alpha value is -7.69. The van der Waals surface area contributed by atoms with Crippen LogP contribution in [0.2, 0.25) is 0 Å². The molecule has 0 saturated carbocycles.